The molecule has 0 spiro atoms. The van der Waals surface area contributed by atoms with Gasteiger partial charge in [-0.15, -0.1) is 0 Å². The van der Waals surface area contributed by atoms with Crippen LogP contribution < -0.4 is 16.2 Å². The van der Waals surface area contributed by atoms with Crippen LogP contribution in [0.25, 0.3) is 0 Å². The monoisotopic (exact) mass is 473 g/mol. The van der Waals surface area contributed by atoms with Crippen LogP contribution in [0.4, 0.5) is 5.69 Å². The summed E-state index contributed by atoms with van der Waals surface area (Å²) in [6, 6.07) is 11.1. The summed E-state index contributed by atoms with van der Waals surface area (Å²) in [5.41, 5.74) is 8.91. The first kappa shape index (κ1) is 23.6. The number of aryl methyl sites for hydroxylation is 2. The van der Waals surface area contributed by atoms with Gasteiger partial charge in [-0.1, -0.05) is 54.9 Å². The van der Waals surface area contributed by atoms with Gasteiger partial charge in [0.15, 0.2) is 0 Å². The third-order valence-corrected chi connectivity index (χ3v) is 5.26. The van der Waals surface area contributed by atoms with Gasteiger partial charge in [-0.2, -0.15) is 0 Å². The standard InChI is InChI=1S/C23H28BrN3O3/c1-14-6-7-15(2)19(12-14)25-20(28)10-11-21(29)26-27-22(30)16-8-9-17(18(24)13-16)23(3,4)5/h6-9,12-13H,10-11H2,1-5H3,(H,25,28)(H,26,29)(H,27,30). The lowest BCUT2D eigenvalue weighted by molar-refractivity contribution is -0.124. The van der Waals surface area contributed by atoms with Crippen molar-refractivity contribution < 1.29 is 14.4 Å². The van der Waals surface area contributed by atoms with E-state index < -0.39 is 11.8 Å². The van der Waals surface area contributed by atoms with Crippen LogP contribution in [0.1, 0.15) is 60.7 Å². The number of anilines is 1. The minimum absolute atomic E-state index is 0.0148. The Kier molecular flexibility index (Phi) is 7.78. The fraction of sp³-hybridized carbons (Fsp3) is 0.348. The normalized spacial score (nSPS) is 11.0. The van der Waals surface area contributed by atoms with Crippen LogP contribution in [-0.4, -0.2) is 17.7 Å². The first-order valence-corrected chi connectivity index (χ1v) is 10.5. The highest BCUT2D eigenvalue weighted by Gasteiger charge is 2.18. The van der Waals surface area contributed by atoms with Gasteiger partial charge in [0, 0.05) is 28.6 Å². The first-order chi connectivity index (χ1) is 14.0. The molecule has 0 saturated carbocycles. The number of carbonyl (C=O) groups is 3. The van der Waals surface area contributed by atoms with Crippen LogP contribution in [0, 0.1) is 13.8 Å². The van der Waals surface area contributed by atoms with E-state index in [0.29, 0.717) is 5.56 Å². The van der Waals surface area contributed by atoms with Crippen LogP contribution in [-0.2, 0) is 15.0 Å². The Morgan fingerprint density at radius 3 is 2.20 bits per heavy atom. The Balaban J connectivity index is 1.83. The quantitative estimate of drug-likeness (QED) is 0.556. The predicted molar refractivity (Wildman–Crippen MR) is 122 cm³/mol. The summed E-state index contributed by atoms with van der Waals surface area (Å²) in [5, 5.41) is 2.81. The predicted octanol–water partition coefficient (Wildman–Crippen LogP) is 4.54. The number of hydrogen-bond acceptors (Lipinski definition) is 3. The Morgan fingerprint density at radius 1 is 0.900 bits per heavy atom. The number of halogens is 1. The van der Waals surface area contributed by atoms with E-state index in [-0.39, 0.29) is 24.2 Å². The molecule has 7 heteroatoms. The average Bonchev–Trinajstić information content (AvgIpc) is 2.66. The van der Waals surface area contributed by atoms with Gasteiger partial charge in [0.1, 0.15) is 0 Å². The highest BCUT2D eigenvalue weighted by molar-refractivity contribution is 9.10. The summed E-state index contributed by atoms with van der Waals surface area (Å²) < 4.78 is 0.831. The second kappa shape index (κ2) is 9.89. The summed E-state index contributed by atoms with van der Waals surface area (Å²) in [6.07, 6.45) is -0.0233. The number of carbonyl (C=O) groups excluding carboxylic acids is 3. The molecule has 0 aromatic heterocycles. The smallest absolute Gasteiger partial charge is 0.269 e. The van der Waals surface area contributed by atoms with Gasteiger partial charge in [-0.3, -0.25) is 25.2 Å². The molecule has 3 amide bonds. The molecule has 0 aliphatic carbocycles. The van der Waals surface area contributed by atoms with Crippen molar-refractivity contribution in [1.29, 1.82) is 0 Å². The summed E-state index contributed by atoms with van der Waals surface area (Å²) in [6.45, 7) is 10.1. The highest BCUT2D eigenvalue weighted by atomic mass is 79.9. The molecule has 0 fully saturated rings. The largest absolute Gasteiger partial charge is 0.326 e. The minimum atomic E-state index is -0.440. The molecule has 0 radical (unpaired) electrons. The number of rotatable bonds is 5. The minimum Gasteiger partial charge on any atom is -0.326 e. The molecule has 160 valence electrons. The highest BCUT2D eigenvalue weighted by Crippen LogP contribution is 2.30. The fourth-order valence-corrected chi connectivity index (χ4v) is 3.81. The molecule has 0 aliphatic rings. The lowest BCUT2D eigenvalue weighted by Crippen LogP contribution is -2.41. The number of amides is 3. The maximum absolute atomic E-state index is 12.3. The second-order valence-electron chi connectivity index (χ2n) is 8.31. The van der Waals surface area contributed by atoms with Crippen molar-refractivity contribution in [3.8, 4) is 0 Å². The van der Waals surface area contributed by atoms with E-state index in [1.54, 1.807) is 12.1 Å². The molecular formula is C23H28BrN3O3. The lowest BCUT2D eigenvalue weighted by Gasteiger charge is -2.21. The number of nitrogens with one attached hydrogen (secondary N) is 3. The summed E-state index contributed by atoms with van der Waals surface area (Å²) in [4.78, 5) is 36.4. The molecule has 6 nitrogen and oxygen atoms in total. The van der Waals surface area contributed by atoms with Crippen molar-refractivity contribution in [2.45, 2.75) is 52.9 Å². The Hall–Kier alpha value is -2.67. The molecular weight excluding hydrogens is 446 g/mol. The van der Waals surface area contributed by atoms with Gasteiger partial charge in [0.25, 0.3) is 5.91 Å². The van der Waals surface area contributed by atoms with Crippen LogP contribution in [0.3, 0.4) is 0 Å². The summed E-state index contributed by atoms with van der Waals surface area (Å²) in [7, 11) is 0. The summed E-state index contributed by atoms with van der Waals surface area (Å²) in [5.74, 6) is -1.12. The fourth-order valence-electron chi connectivity index (χ4n) is 2.84. The number of hydrazine groups is 1. The van der Waals surface area contributed by atoms with Gasteiger partial charge < -0.3 is 5.32 Å². The van der Waals surface area contributed by atoms with E-state index >= 15 is 0 Å². The molecule has 0 heterocycles. The van der Waals surface area contributed by atoms with Crippen LogP contribution in [0.5, 0.6) is 0 Å². The van der Waals surface area contributed by atoms with Gasteiger partial charge in [-0.25, -0.2) is 0 Å². The second-order valence-corrected chi connectivity index (χ2v) is 9.17. The molecule has 3 N–H and O–H groups in total. The van der Waals surface area contributed by atoms with Gasteiger partial charge in [-0.05, 0) is 54.2 Å². The van der Waals surface area contributed by atoms with Crippen molar-refractivity contribution in [2.75, 3.05) is 5.32 Å². The first-order valence-electron chi connectivity index (χ1n) is 9.73. The zero-order chi connectivity index (χ0) is 22.5. The maximum Gasteiger partial charge on any atom is 0.269 e. The van der Waals surface area contributed by atoms with Crippen LogP contribution in [0.15, 0.2) is 40.9 Å². The van der Waals surface area contributed by atoms with Gasteiger partial charge >= 0.3 is 0 Å². The van der Waals surface area contributed by atoms with Crippen molar-refractivity contribution in [3.63, 3.8) is 0 Å². The molecule has 0 atom stereocenters. The molecule has 2 rings (SSSR count). The van der Waals surface area contributed by atoms with Gasteiger partial charge in [0.05, 0.1) is 0 Å². The van der Waals surface area contributed by atoms with Gasteiger partial charge in [0.2, 0.25) is 11.8 Å². The molecule has 0 saturated heterocycles. The average molecular weight is 474 g/mol. The SMILES string of the molecule is Cc1ccc(C)c(NC(=O)CCC(=O)NNC(=O)c2ccc(C(C)(C)C)c(Br)c2)c1. The zero-order valence-corrected chi connectivity index (χ0v) is 19.6. The van der Waals surface area contributed by atoms with E-state index in [1.807, 2.05) is 38.1 Å². The Morgan fingerprint density at radius 2 is 1.57 bits per heavy atom. The maximum atomic E-state index is 12.3. The number of hydrogen-bond donors (Lipinski definition) is 3. The molecule has 2 aromatic rings. The van der Waals surface area contributed by atoms with Crippen molar-refractivity contribution >= 4 is 39.3 Å². The summed E-state index contributed by atoms with van der Waals surface area (Å²) >= 11 is 3.50. The molecule has 30 heavy (non-hydrogen) atoms. The van der Waals surface area contributed by atoms with E-state index in [1.165, 1.54) is 0 Å². The Labute approximate surface area is 185 Å². The van der Waals surface area contributed by atoms with Crippen molar-refractivity contribution in [1.82, 2.24) is 10.9 Å². The van der Waals surface area contributed by atoms with E-state index in [9.17, 15) is 14.4 Å². The number of benzene rings is 2. The van der Waals surface area contributed by atoms with E-state index in [4.69, 9.17) is 0 Å². The third kappa shape index (κ3) is 6.69. The zero-order valence-electron chi connectivity index (χ0n) is 18.0. The molecule has 0 unspecified atom stereocenters. The molecule has 0 bridgehead atoms. The van der Waals surface area contributed by atoms with E-state index in [2.05, 4.69) is 52.9 Å². The van der Waals surface area contributed by atoms with E-state index in [0.717, 1.165) is 26.9 Å². The third-order valence-electron chi connectivity index (χ3n) is 4.60. The lowest BCUT2D eigenvalue weighted by atomic mass is 9.86. The topological polar surface area (TPSA) is 87.3 Å². The van der Waals surface area contributed by atoms with Crippen molar-refractivity contribution in [3.05, 3.63) is 63.1 Å². The van der Waals surface area contributed by atoms with Crippen molar-refractivity contribution in [2.24, 2.45) is 0 Å². The molecule has 0 aliphatic heterocycles. The van der Waals surface area contributed by atoms with Crippen LogP contribution >= 0.6 is 15.9 Å². The van der Waals surface area contributed by atoms with Crippen LogP contribution in [0.2, 0.25) is 0 Å². The Bertz CT molecular complexity index is 965. The molecule has 2 aromatic carbocycles.